The highest BCUT2D eigenvalue weighted by Crippen LogP contribution is 2.47. The minimum Gasteiger partial charge on any atom is -0.459 e. The van der Waals surface area contributed by atoms with E-state index in [-0.39, 0.29) is 58.9 Å². The van der Waals surface area contributed by atoms with Gasteiger partial charge in [-0.1, -0.05) is 273 Å². The van der Waals surface area contributed by atoms with Crippen molar-refractivity contribution in [2.75, 3.05) is 0 Å². The molecule has 9 aromatic rings. The smallest absolute Gasteiger partial charge is 0.459 e. The van der Waals surface area contributed by atoms with Crippen LogP contribution in [0.3, 0.4) is 0 Å². The highest BCUT2D eigenvalue weighted by molar-refractivity contribution is 7.34. The molecule has 0 saturated heterocycles. The largest absolute Gasteiger partial charge is 0.698 e. The van der Waals surface area contributed by atoms with Crippen LogP contribution in [-0.4, -0.2) is 72.8 Å². The van der Waals surface area contributed by atoms with Gasteiger partial charge in [-0.05, 0) is 50.1 Å². The summed E-state index contributed by atoms with van der Waals surface area (Å²) in [4.78, 5) is 43.0. The van der Waals surface area contributed by atoms with E-state index in [0.717, 1.165) is 0 Å². The molecule has 18 nitrogen and oxygen atoms in total. The van der Waals surface area contributed by atoms with Crippen molar-refractivity contribution in [1.29, 1.82) is 0 Å². The van der Waals surface area contributed by atoms with Crippen LogP contribution in [0.25, 0.3) is 0 Å². The Labute approximate surface area is 560 Å². The van der Waals surface area contributed by atoms with E-state index in [1.807, 2.05) is 109 Å². The van der Waals surface area contributed by atoms with Crippen molar-refractivity contribution in [1.82, 2.24) is 0 Å². The summed E-state index contributed by atoms with van der Waals surface area (Å²) in [5, 5.41) is 0. The van der Waals surface area contributed by atoms with Gasteiger partial charge in [0, 0.05) is 33.0 Å². The third-order valence-electron chi connectivity index (χ3n) is 15.3. The fourth-order valence-electron chi connectivity index (χ4n) is 10.5. The van der Waals surface area contributed by atoms with Gasteiger partial charge in [0.1, 0.15) is 38.1 Å². The minimum absolute atomic E-state index is 0.124. The van der Waals surface area contributed by atoms with Gasteiger partial charge in [-0.25, -0.2) is 14.4 Å². The Kier molecular flexibility index (Phi) is 27.5. The van der Waals surface area contributed by atoms with Crippen molar-refractivity contribution in [3.05, 3.63) is 323 Å². The lowest BCUT2D eigenvalue weighted by atomic mass is 9.84. The Hall–Kier alpha value is -8.67. The monoisotopic (exact) mass is 1350 g/mol. The quantitative estimate of drug-likeness (QED) is 0.0203. The Morgan fingerprint density at radius 1 is 0.250 bits per heavy atom. The van der Waals surface area contributed by atoms with Gasteiger partial charge in [-0.15, -0.1) is 27.1 Å². The maximum Gasteiger partial charge on any atom is 0.698 e. The zero-order valence-electron chi connectivity index (χ0n) is 52.2. The molecule has 492 valence electrons. The number of carbonyl (C=O) groups excluding carboxylic acids is 3. The SMILES string of the molecule is O=C(OCc1ccccc1)C(Cc1ccccc1)O[P+](=O)OC1[C@@H](O[P+](=O)OC(Cc2ccccc2)C(=O)OCc2ccccc2)[C@H](OCc2ccccc2)C(OCc2ccccc2)[C@H](OCc2ccccc2)[C@@H]1O[P+](=O)OC(Cc1ccccc1)C(=O)OCc1ccccc1. The van der Waals surface area contributed by atoms with E-state index in [2.05, 4.69) is 0 Å². The molecule has 0 spiro atoms. The topological polar surface area (TPSA) is 213 Å². The average Bonchev–Trinajstić information content (AvgIpc) is 0.761. The van der Waals surface area contributed by atoms with Gasteiger partial charge in [-0.2, -0.15) is 0 Å². The van der Waals surface area contributed by atoms with Gasteiger partial charge in [0.05, 0.1) is 19.8 Å². The summed E-state index contributed by atoms with van der Waals surface area (Å²) >= 11 is 0. The fraction of sp³-hybridized carbons (Fsp3) is 0.240. The second kappa shape index (κ2) is 37.6. The summed E-state index contributed by atoms with van der Waals surface area (Å²) in [5.41, 5.74) is 5.86. The third-order valence-corrected chi connectivity index (χ3v) is 17.8. The first-order valence-corrected chi connectivity index (χ1v) is 34.5. The van der Waals surface area contributed by atoms with Gasteiger partial charge in [0.2, 0.25) is 18.3 Å². The van der Waals surface area contributed by atoms with Crippen molar-refractivity contribution in [3.63, 3.8) is 0 Å². The molecule has 21 heteroatoms. The molecule has 0 aliphatic heterocycles. The van der Waals surface area contributed by atoms with E-state index in [9.17, 15) is 14.4 Å². The second-order valence-electron chi connectivity index (χ2n) is 22.3. The zero-order chi connectivity index (χ0) is 66.5. The highest BCUT2D eigenvalue weighted by atomic mass is 31.1. The van der Waals surface area contributed by atoms with E-state index in [1.54, 1.807) is 164 Å². The summed E-state index contributed by atoms with van der Waals surface area (Å²) in [6, 6.07) is 80.7. The molecular weight excluding hydrogens is 1280 g/mol. The van der Waals surface area contributed by atoms with E-state index in [0.29, 0.717) is 50.1 Å². The van der Waals surface area contributed by atoms with Gasteiger partial charge in [0.25, 0.3) is 0 Å². The standard InChI is InChI=1S/C75H72O18P3/c76-73(85-52-61-40-22-7-23-41-61)64(46-55-28-10-1-11-29-55)88-94(79)91-70-68(83-50-59-36-18-5-19-37-59)67(82-49-58-34-16-4-17-35-58)69(84-51-60-38-20-6-21-39-60)71(92-95(80)89-65(47-56-30-12-2-13-31-56)74(77)86-53-62-42-24-8-25-43-62)72(70)93-96(81)90-66(48-57-32-14-3-15-33-57)75(78)87-54-63-44-26-9-27-45-63/h1-45,64-72H,46-54H2/q+3/t64?,65?,66?,67?,68-,69+,70-,71-,72?/m0/s1. The van der Waals surface area contributed by atoms with E-state index in [4.69, 9.17) is 55.6 Å². The van der Waals surface area contributed by atoms with Gasteiger partial charge in [-0.3, -0.25) is 0 Å². The molecule has 0 aromatic heterocycles. The van der Waals surface area contributed by atoms with Crippen LogP contribution >= 0.6 is 24.8 Å². The third kappa shape index (κ3) is 22.2. The van der Waals surface area contributed by atoms with E-state index in [1.165, 1.54) is 0 Å². The molecule has 0 N–H and O–H groups in total. The predicted molar refractivity (Wildman–Crippen MR) is 356 cm³/mol. The lowest BCUT2D eigenvalue weighted by Gasteiger charge is -2.44. The second-order valence-corrected chi connectivity index (χ2v) is 24.9. The molecule has 1 fully saturated rings. The van der Waals surface area contributed by atoms with Crippen molar-refractivity contribution in [2.45, 2.75) is 114 Å². The summed E-state index contributed by atoms with van der Waals surface area (Å²) in [5.74, 6) is -2.67. The van der Waals surface area contributed by atoms with Crippen LogP contribution in [-0.2, 0) is 143 Å². The van der Waals surface area contributed by atoms with Crippen LogP contribution < -0.4 is 0 Å². The summed E-state index contributed by atoms with van der Waals surface area (Å²) in [6.45, 7) is -0.932. The molecule has 9 aromatic carbocycles. The van der Waals surface area contributed by atoms with Crippen LogP contribution in [0.2, 0.25) is 0 Å². The number of hydrogen-bond acceptors (Lipinski definition) is 18. The zero-order valence-corrected chi connectivity index (χ0v) is 54.9. The molecule has 0 bridgehead atoms. The van der Waals surface area contributed by atoms with Gasteiger partial charge >= 0.3 is 42.7 Å². The van der Waals surface area contributed by atoms with Crippen molar-refractivity contribution < 1.29 is 83.6 Å². The van der Waals surface area contributed by atoms with Gasteiger partial charge in [0.15, 0.2) is 18.3 Å². The Bertz CT molecular complexity index is 3670. The average molecular weight is 1350 g/mol. The number of esters is 3. The number of rotatable bonds is 36. The van der Waals surface area contributed by atoms with E-state index >= 15 is 13.7 Å². The number of benzene rings is 9. The van der Waals surface area contributed by atoms with Crippen LogP contribution in [0.1, 0.15) is 50.1 Å². The first kappa shape index (κ1) is 70.1. The Morgan fingerprint density at radius 2 is 0.427 bits per heavy atom. The first-order chi connectivity index (χ1) is 47.1. The number of ether oxygens (including phenoxy) is 6. The Morgan fingerprint density at radius 3 is 0.646 bits per heavy atom. The molecule has 96 heavy (non-hydrogen) atoms. The van der Waals surface area contributed by atoms with Gasteiger partial charge < -0.3 is 28.4 Å². The molecule has 1 saturated carbocycles. The van der Waals surface area contributed by atoms with Crippen LogP contribution in [0.15, 0.2) is 273 Å². The molecule has 0 amide bonds. The molecule has 8 unspecified atom stereocenters. The van der Waals surface area contributed by atoms with Crippen LogP contribution in [0.5, 0.6) is 0 Å². The first-order valence-electron chi connectivity index (χ1n) is 31.2. The normalized spacial score (nSPS) is 18.2. The van der Waals surface area contributed by atoms with Crippen molar-refractivity contribution in [3.8, 4) is 0 Å². The van der Waals surface area contributed by atoms with Crippen molar-refractivity contribution >= 4 is 42.7 Å². The molecule has 10 rings (SSSR count). The molecular formula is C75H72O18P3+3. The number of carbonyl (C=O) groups is 3. The molecule has 1 aliphatic rings. The van der Waals surface area contributed by atoms with Crippen molar-refractivity contribution in [2.24, 2.45) is 0 Å². The lowest BCUT2D eigenvalue weighted by Crippen LogP contribution is -2.66. The Balaban J connectivity index is 1.08. The van der Waals surface area contributed by atoms with Crippen LogP contribution in [0, 0.1) is 0 Å². The maximum atomic E-state index is 15.4. The van der Waals surface area contributed by atoms with Crippen LogP contribution in [0.4, 0.5) is 0 Å². The van der Waals surface area contributed by atoms with E-state index < -0.39 is 97.6 Å². The molecule has 1 aliphatic carbocycles. The fourth-order valence-corrected chi connectivity index (χ4v) is 13.0. The predicted octanol–water partition coefficient (Wildman–Crippen LogP) is 15.0. The molecule has 0 radical (unpaired) electrons. The summed E-state index contributed by atoms with van der Waals surface area (Å²) in [7, 11) is -10.7. The summed E-state index contributed by atoms with van der Waals surface area (Å²) in [6.07, 6.45) is -15.3. The summed E-state index contributed by atoms with van der Waals surface area (Å²) < 4.78 is 123. The molecule has 12 atom stereocenters. The highest BCUT2D eigenvalue weighted by Gasteiger charge is 2.64. The maximum absolute atomic E-state index is 15.4. The lowest BCUT2D eigenvalue weighted by molar-refractivity contribution is -0.250. The number of hydrogen-bond donors (Lipinski definition) is 0. The molecule has 0 heterocycles. The minimum atomic E-state index is -3.60.